The highest BCUT2D eigenvalue weighted by Crippen LogP contribution is 2.36. The summed E-state index contributed by atoms with van der Waals surface area (Å²) in [5.41, 5.74) is 4.20. The average molecular weight is 284 g/mol. The van der Waals surface area contributed by atoms with Crippen molar-refractivity contribution >= 4 is 11.4 Å². The number of hydrogen-bond donors (Lipinski definition) is 1. The molecule has 0 amide bonds. The van der Waals surface area contributed by atoms with Crippen molar-refractivity contribution in [2.75, 3.05) is 18.0 Å². The van der Waals surface area contributed by atoms with E-state index in [1.54, 1.807) is 12.1 Å². The van der Waals surface area contributed by atoms with Crippen molar-refractivity contribution in [1.82, 2.24) is 5.32 Å². The van der Waals surface area contributed by atoms with Crippen LogP contribution in [0.5, 0.6) is 0 Å². The summed E-state index contributed by atoms with van der Waals surface area (Å²) in [5, 5.41) is 3.30. The Bertz CT molecular complexity index is 624. The van der Waals surface area contributed by atoms with Crippen LogP contribution < -0.4 is 10.2 Å². The third-order valence-electron chi connectivity index (χ3n) is 4.02. The first-order valence-electron chi connectivity index (χ1n) is 7.65. The fourth-order valence-electron chi connectivity index (χ4n) is 3.03. The lowest BCUT2D eigenvalue weighted by molar-refractivity contribution is 0.614. The zero-order valence-electron chi connectivity index (χ0n) is 12.4. The van der Waals surface area contributed by atoms with Crippen LogP contribution in [0.3, 0.4) is 0 Å². The van der Waals surface area contributed by atoms with Gasteiger partial charge >= 0.3 is 0 Å². The first-order chi connectivity index (χ1) is 10.3. The van der Waals surface area contributed by atoms with Gasteiger partial charge in [0.1, 0.15) is 5.82 Å². The molecule has 110 valence electrons. The number of rotatable bonds is 4. The van der Waals surface area contributed by atoms with E-state index in [0.29, 0.717) is 6.54 Å². The number of fused-ring (bicyclic) bond motifs is 1. The Balaban J connectivity index is 2.05. The lowest BCUT2D eigenvalue weighted by Crippen LogP contribution is -2.27. The van der Waals surface area contributed by atoms with Gasteiger partial charge in [0, 0.05) is 18.8 Å². The molecule has 2 aromatic carbocycles. The Morgan fingerprint density at radius 1 is 1.14 bits per heavy atom. The minimum absolute atomic E-state index is 0.137. The minimum atomic E-state index is -0.137. The van der Waals surface area contributed by atoms with Crippen LogP contribution in [0.25, 0.3) is 0 Å². The summed E-state index contributed by atoms with van der Waals surface area (Å²) in [4.78, 5) is 2.14. The predicted molar refractivity (Wildman–Crippen MR) is 85.5 cm³/mol. The summed E-state index contributed by atoms with van der Waals surface area (Å²) in [5.74, 6) is -0.137. The van der Waals surface area contributed by atoms with Gasteiger partial charge in [0.05, 0.1) is 5.69 Å². The van der Waals surface area contributed by atoms with E-state index >= 15 is 0 Å². The fraction of sp³-hybridized carbons (Fsp3) is 0.333. The van der Waals surface area contributed by atoms with E-state index in [2.05, 4.69) is 35.3 Å². The number of benzene rings is 2. The Morgan fingerprint density at radius 2 is 2.00 bits per heavy atom. The van der Waals surface area contributed by atoms with E-state index in [4.69, 9.17) is 0 Å². The molecule has 0 spiro atoms. The highest BCUT2D eigenvalue weighted by Gasteiger charge is 2.22. The standard InChI is InChI=1S/C18H21FN2/c1-2-20-13-15-8-5-10-16(19)18(15)21-12-6-9-14-7-3-4-11-17(14)21/h3-5,7-8,10-11,20H,2,6,9,12-13H2,1H3. The summed E-state index contributed by atoms with van der Waals surface area (Å²) < 4.78 is 14.5. The Kier molecular flexibility index (Phi) is 4.20. The number of nitrogens with zero attached hydrogens (tertiary/aromatic N) is 1. The number of para-hydroxylation sites is 2. The van der Waals surface area contributed by atoms with Gasteiger partial charge in [-0.25, -0.2) is 4.39 Å². The highest BCUT2D eigenvalue weighted by atomic mass is 19.1. The third kappa shape index (κ3) is 2.79. The molecule has 2 nitrogen and oxygen atoms in total. The smallest absolute Gasteiger partial charge is 0.147 e. The van der Waals surface area contributed by atoms with E-state index in [1.807, 2.05) is 12.1 Å². The van der Waals surface area contributed by atoms with Crippen LogP contribution in [-0.2, 0) is 13.0 Å². The van der Waals surface area contributed by atoms with E-state index in [0.717, 1.165) is 42.9 Å². The van der Waals surface area contributed by atoms with E-state index in [9.17, 15) is 4.39 Å². The largest absolute Gasteiger partial charge is 0.339 e. The van der Waals surface area contributed by atoms with E-state index in [1.165, 1.54) is 5.56 Å². The van der Waals surface area contributed by atoms with Crippen LogP contribution in [0.2, 0.25) is 0 Å². The maximum atomic E-state index is 14.5. The zero-order valence-corrected chi connectivity index (χ0v) is 12.4. The van der Waals surface area contributed by atoms with Crippen LogP contribution >= 0.6 is 0 Å². The van der Waals surface area contributed by atoms with Crippen LogP contribution in [0.15, 0.2) is 42.5 Å². The molecule has 0 saturated carbocycles. The zero-order chi connectivity index (χ0) is 14.7. The number of anilines is 2. The highest BCUT2D eigenvalue weighted by molar-refractivity contribution is 5.70. The van der Waals surface area contributed by atoms with Crippen LogP contribution in [-0.4, -0.2) is 13.1 Å². The SMILES string of the molecule is CCNCc1cccc(F)c1N1CCCc2ccccc21. The molecule has 0 atom stereocenters. The molecule has 1 N–H and O–H groups in total. The Morgan fingerprint density at radius 3 is 2.86 bits per heavy atom. The second kappa shape index (κ2) is 6.27. The molecule has 2 aromatic rings. The second-order valence-corrected chi connectivity index (χ2v) is 5.41. The predicted octanol–water partition coefficient (Wildman–Crippen LogP) is 4.02. The van der Waals surface area contributed by atoms with Crippen LogP contribution in [0, 0.1) is 5.82 Å². The van der Waals surface area contributed by atoms with Gasteiger partial charge < -0.3 is 10.2 Å². The fourth-order valence-corrected chi connectivity index (χ4v) is 3.03. The van der Waals surface area contributed by atoms with Crippen molar-refractivity contribution in [1.29, 1.82) is 0 Å². The molecule has 1 aliphatic rings. The third-order valence-corrected chi connectivity index (χ3v) is 4.02. The van der Waals surface area contributed by atoms with Crippen molar-refractivity contribution in [3.05, 3.63) is 59.4 Å². The van der Waals surface area contributed by atoms with Gasteiger partial charge in [0.2, 0.25) is 0 Å². The number of nitrogens with one attached hydrogen (secondary N) is 1. The van der Waals surface area contributed by atoms with Gasteiger partial charge in [0.15, 0.2) is 0 Å². The lowest BCUT2D eigenvalue weighted by Gasteiger charge is -2.33. The van der Waals surface area contributed by atoms with Gasteiger partial charge in [-0.1, -0.05) is 37.3 Å². The molecule has 0 aliphatic carbocycles. The van der Waals surface area contributed by atoms with Crippen LogP contribution in [0.1, 0.15) is 24.5 Å². The molecule has 0 fully saturated rings. The van der Waals surface area contributed by atoms with Crippen LogP contribution in [0.4, 0.5) is 15.8 Å². The summed E-state index contributed by atoms with van der Waals surface area (Å²) in [6.45, 7) is 4.51. The van der Waals surface area contributed by atoms with Crippen molar-refractivity contribution < 1.29 is 4.39 Å². The molecule has 0 bridgehead atoms. The molecule has 0 radical (unpaired) electrons. The first kappa shape index (κ1) is 14.1. The Labute approximate surface area is 125 Å². The molecule has 1 aliphatic heterocycles. The molecule has 0 unspecified atom stereocenters. The van der Waals surface area contributed by atoms with E-state index in [-0.39, 0.29) is 5.82 Å². The maximum absolute atomic E-state index is 14.5. The van der Waals surface area contributed by atoms with Gasteiger partial charge in [-0.15, -0.1) is 0 Å². The molecule has 21 heavy (non-hydrogen) atoms. The summed E-state index contributed by atoms with van der Waals surface area (Å²) >= 11 is 0. The van der Waals surface area contributed by atoms with Crippen molar-refractivity contribution in [2.45, 2.75) is 26.3 Å². The average Bonchev–Trinajstić information content (AvgIpc) is 2.52. The summed E-state index contributed by atoms with van der Waals surface area (Å²) in [6.07, 6.45) is 2.13. The molecule has 0 aromatic heterocycles. The topological polar surface area (TPSA) is 15.3 Å². The van der Waals surface area contributed by atoms with E-state index < -0.39 is 0 Å². The summed E-state index contributed by atoms with van der Waals surface area (Å²) in [6, 6.07) is 13.7. The quantitative estimate of drug-likeness (QED) is 0.912. The lowest BCUT2D eigenvalue weighted by atomic mass is 10.00. The molecular formula is C18H21FN2. The Hall–Kier alpha value is -1.87. The number of hydrogen-bond acceptors (Lipinski definition) is 2. The maximum Gasteiger partial charge on any atom is 0.147 e. The first-order valence-corrected chi connectivity index (χ1v) is 7.65. The van der Waals surface area contributed by atoms with Gasteiger partial charge in [-0.2, -0.15) is 0 Å². The van der Waals surface area contributed by atoms with Gasteiger partial charge in [0.25, 0.3) is 0 Å². The normalized spacial score (nSPS) is 14.1. The van der Waals surface area contributed by atoms with Gasteiger partial charge in [-0.05, 0) is 42.6 Å². The monoisotopic (exact) mass is 284 g/mol. The van der Waals surface area contributed by atoms with Crippen molar-refractivity contribution in [3.8, 4) is 0 Å². The molecule has 1 heterocycles. The number of aryl methyl sites for hydroxylation is 1. The second-order valence-electron chi connectivity index (χ2n) is 5.41. The van der Waals surface area contributed by atoms with Gasteiger partial charge in [-0.3, -0.25) is 0 Å². The molecule has 3 rings (SSSR count). The molecule has 3 heteroatoms. The van der Waals surface area contributed by atoms with Crippen molar-refractivity contribution in [3.63, 3.8) is 0 Å². The summed E-state index contributed by atoms with van der Waals surface area (Å²) in [7, 11) is 0. The molecule has 0 saturated heterocycles. The number of halogens is 1. The minimum Gasteiger partial charge on any atom is -0.339 e. The molecular weight excluding hydrogens is 263 g/mol. The van der Waals surface area contributed by atoms with Crippen molar-refractivity contribution in [2.24, 2.45) is 0 Å².